The molecule has 0 bridgehead atoms. The van der Waals surface area contributed by atoms with E-state index in [0.717, 1.165) is 11.3 Å². The molecule has 0 aliphatic carbocycles. The second kappa shape index (κ2) is 14.1. The zero-order valence-corrected chi connectivity index (χ0v) is 20.5. The quantitative estimate of drug-likeness (QED) is 0.217. The number of carbonyl (C=O) groups is 2. The fraction of sp³-hybridized carbons (Fsp3) is 0.333. The van der Waals surface area contributed by atoms with Gasteiger partial charge >= 0.3 is 5.97 Å². The van der Waals surface area contributed by atoms with Gasteiger partial charge in [0.1, 0.15) is 5.75 Å². The molecule has 35 heavy (non-hydrogen) atoms. The standard InChI is InChI=1S/C27H30N2O6/c1-6-13-28-23-19-24(33-4)25(18-22(23)27(31)34-5)35-16-8-15-29(14-7-2)26(30)17-20-9-11-21(32-3)12-10-20/h1,9-12,18-19,28H,8,13,15-17H2,2-5H3. The lowest BCUT2D eigenvalue weighted by Crippen LogP contribution is -2.29. The normalized spacial score (nSPS) is 9.69. The summed E-state index contributed by atoms with van der Waals surface area (Å²) in [5.41, 5.74) is 1.62. The van der Waals surface area contributed by atoms with Crippen LogP contribution in [0.4, 0.5) is 5.69 Å². The summed E-state index contributed by atoms with van der Waals surface area (Å²) in [6.07, 6.45) is 6.05. The molecule has 0 aliphatic rings. The number of anilines is 1. The number of carbonyl (C=O) groups excluding carboxylic acids is 2. The van der Waals surface area contributed by atoms with Crippen LogP contribution in [0.2, 0.25) is 0 Å². The lowest BCUT2D eigenvalue weighted by molar-refractivity contribution is -0.127. The molecule has 8 heteroatoms. The number of terminal acetylenes is 1. The lowest BCUT2D eigenvalue weighted by Gasteiger charge is -2.18. The Labute approximate surface area is 206 Å². The van der Waals surface area contributed by atoms with Gasteiger partial charge in [0.25, 0.3) is 0 Å². The molecule has 1 amide bonds. The van der Waals surface area contributed by atoms with Crippen LogP contribution in [-0.2, 0) is 16.0 Å². The van der Waals surface area contributed by atoms with Crippen LogP contribution in [0.3, 0.4) is 0 Å². The van der Waals surface area contributed by atoms with E-state index < -0.39 is 5.97 Å². The van der Waals surface area contributed by atoms with Gasteiger partial charge in [0.2, 0.25) is 5.91 Å². The summed E-state index contributed by atoms with van der Waals surface area (Å²) in [4.78, 5) is 26.5. The maximum atomic E-state index is 12.8. The monoisotopic (exact) mass is 478 g/mol. The number of amides is 1. The molecule has 2 rings (SSSR count). The van der Waals surface area contributed by atoms with E-state index in [0.29, 0.717) is 30.2 Å². The van der Waals surface area contributed by atoms with Gasteiger partial charge in [-0.1, -0.05) is 24.0 Å². The van der Waals surface area contributed by atoms with Gasteiger partial charge in [-0.3, -0.25) is 9.69 Å². The van der Waals surface area contributed by atoms with Crippen LogP contribution in [-0.4, -0.2) is 57.8 Å². The highest BCUT2D eigenvalue weighted by atomic mass is 16.5. The van der Waals surface area contributed by atoms with Gasteiger partial charge in [-0.15, -0.1) is 6.42 Å². The van der Waals surface area contributed by atoms with Gasteiger partial charge in [0.05, 0.1) is 52.2 Å². The fourth-order valence-corrected chi connectivity index (χ4v) is 3.20. The molecular formula is C27H30N2O6. The van der Waals surface area contributed by atoms with Crippen LogP contribution in [0.25, 0.3) is 0 Å². The first-order chi connectivity index (χ1) is 17.0. The van der Waals surface area contributed by atoms with E-state index >= 15 is 0 Å². The molecule has 0 spiro atoms. The molecule has 2 aromatic carbocycles. The van der Waals surface area contributed by atoms with Gasteiger partial charge in [0, 0.05) is 31.1 Å². The summed E-state index contributed by atoms with van der Waals surface area (Å²) >= 11 is 0. The average Bonchev–Trinajstić information content (AvgIpc) is 2.88. The maximum Gasteiger partial charge on any atom is 0.340 e. The molecule has 0 unspecified atom stereocenters. The maximum absolute atomic E-state index is 12.8. The zero-order chi connectivity index (χ0) is 25.6. The molecule has 0 atom stereocenters. The molecule has 0 aromatic heterocycles. The number of nitrogens with one attached hydrogen (secondary N) is 1. The van der Waals surface area contributed by atoms with Crippen LogP contribution in [0, 0.1) is 24.3 Å². The van der Waals surface area contributed by atoms with E-state index in [1.165, 1.54) is 19.1 Å². The van der Waals surface area contributed by atoms with E-state index in [1.54, 1.807) is 26.2 Å². The molecule has 2 aromatic rings. The Kier molecular flexibility index (Phi) is 10.8. The number of methoxy groups -OCH3 is 3. The number of ether oxygens (including phenoxy) is 4. The smallest absolute Gasteiger partial charge is 0.340 e. The Morgan fingerprint density at radius 2 is 1.80 bits per heavy atom. The first-order valence-electron chi connectivity index (χ1n) is 10.9. The highest BCUT2D eigenvalue weighted by molar-refractivity contribution is 5.96. The van der Waals surface area contributed by atoms with E-state index in [2.05, 4.69) is 23.2 Å². The molecule has 184 valence electrons. The highest BCUT2D eigenvalue weighted by Gasteiger charge is 2.18. The predicted molar refractivity (Wildman–Crippen MR) is 134 cm³/mol. The number of hydrogen-bond donors (Lipinski definition) is 1. The molecule has 0 saturated carbocycles. The Morgan fingerprint density at radius 3 is 2.40 bits per heavy atom. The van der Waals surface area contributed by atoms with Crippen molar-refractivity contribution in [2.45, 2.75) is 19.8 Å². The molecule has 0 fully saturated rings. The largest absolute Gasteiger partial charge is 0.497 e. The van der Waals surface area contributed by atoms with Crippen molar-refractivity contribution in [2.24, 2.45) is 0 Å². The fourth-order valence-electron chi connectivity index (χ4n) is 3.20. The summed E-state index contributed by atoms with van der Waals surface area (Å²) in [6, 6.07) is 13.4. The molecule has 0 heterocycles. The Morgan fingerprint density at radius 1 is 1.06 bits per heavy atom. The summed E-state index contributed by atoms with van der Waals surface area (Å²) in [5, 5.41) is 2.98. The van der Waals surface area contributed by atoms with Crippen molar-refractivity contribution in [3.8, 4) is 41.6 Å². The van der Waals surface area contributed by atoms with Crippen LogP contribution in [0.1, 0.15) is 29.3 Å². The first kappa shape index (κ1) is 26.9. The summed E-state index contributed by atoms with van der Waals surface area (Å²) in [6.45, 7) is 2.56. The summed E-state index contributed by atoms with van der Waals surface area (Å²) in [5.74, 6) is 6.12. The number of hydrogen-bond acceptors (Lipinski definition) is 7. The topological polar surface area (TPSA) is 86.3 Å². The van der Waals surface area contributed by atoms with Crippen molar-refractivity contribution in [2.75, 3.05) is 46.3 Å². The summed E-state index contributed by atoms with van der Waals surface area (Å²) in [7, 11) is 4.39. The Hall–Kier alpha value is -4.30. The van der Waals surface area contributed by atoms with Crippen molar-refractivity contribution >= 4 is 17.6 Å². The number of rotatable bonds is 12. The summed E-state index contributed by atoms with van der Waals surface area (Å²) < 4.78 is 21.3. The van der Waals surface area contributed by atoms with Gasteiger partial charge in [-0.2, -0.15) is 0 Å². The zero-order valence-electron chi connectivity index (χ0n) is 20.5. The molecule has 1 N–H and O–H groups in total. The van der Waals surface area contributed by atoms with Gasteiger partial charge < -0.3 is 24.3 Å². The second-order valence-electron chi connectivity index (χ2n) is 7.23. The van der Waals surface area contributed by atoms with E-state index in [4.69, 9.17) is 25.4 Å². The Balaban J connectivity index is 2.04. The van der Waals surface area contributed by atoms with Gasteiger partial charge in [-0.05, 0) is 24.6 Å². The second-order valence-corrected chi connectivity index (χ2v) is 7.23. The third-order valence-electron chi connectivity index (χ3n) is 4.94. The molecule has 8 nitrogen and oxygen atoms in total. The third kappa shape index (κ3) is 7.90. The van der Waals surface area contributed by atoms with Crippen LogP contribution >= 0.6 is 0 Å². The van der Waals surface area contributed by atoms with Crippen molar-refractivity contribution in [1.29, 1.82) is 0 Å². The first-order valence-corrected chi connectivity index (χ1v) is 10.9. The van der Waals surface area contributed by atoms with Crippen LogP contribution < -0.4 is 19.5 Å². The highest BCUT2D eigenvalue weighted by Crippen LogP contribution is 2.34. The van der Waals surface area contributed by atoms with Crippen LogP contribution in [0.15, 0.2) is 36.4 Å². The molecule has 0 radical (unpaired) electrons. The average molecular weight is 479 g/mol. The van der Waals surface area contributed by atoms with Crippen molar-refractivity contribution in [1.82, 2.24) is 4.90 Å². The number of nitrogens with zero attached hydrogens (tertiary/aromatic N) is 1. The molecular weight excluding hydrogens is 448 g/mol. The van der Waals surface area contributed by atoms with E-state index in [-0.39, 0.29) is 31.0 Å². The number of benzene rings is 2. The van der Waals surface area contributed by atoms with Crippen LogP contribution in [0.5, 0.6) is 17.2 Å². The van der Waals surface area contributed by atoms with E-state index in [9.17, 15) is 9.59 Å². The van der Waals surface area contributed by atoms with E-state index in [1.807, 2.05) is 24.3 Å². The minimum absolute atomic E-state index is 0.112. The molecule has 0 saturated heterocycles. The minimum Gasteiger partial charge on any atom is -0.497 e. The number of esters is 1. The Bertz CT molecular complexity index is 1110. The minimum atomic E-state index is -0.537. The van der Waals surface area contributed by atoms with Crippen molar-refractivity contribution in [3.05, 3.63) is 47.5 Å². The van der Waals surface area contributed by atoms with Gasteiger partial charge in [0.15, 0.2) is 11.5 Å². The SMILES string of the molecule is C#CCNc1cc(OC)c(OCCCN(C#CC)C(=O)Cc2ccc(OC)cc2)cc1C(=O)OC. The molecule has 0 aliphatic heterocycles. The van der Waals surface area contributed by atoms with Crippen molar-refractivity contribution < 1.29 is 28.5 Å². The van der Waals surface area contributed by atoms with Crippen molar-refractivity contribution in [3.63, 3.8) is 0 Å². The predicted octanol–water partition coefficient (Wildman–Crippen LogP) is 3.36. The van der Waals surface area contributed by atoms with Gasteiger partial charge in [-0.25, -0.2) is 4.79 Å². The third-order valence-corrected chi connectivity index (χ3v) is 4.94. The lowest BCUT2D eigenvalue weighted by atomic mass is 10.1.